The standard InChI is InChI=1S/C14H22F3NO/c1-5-11(14(15,16)17)10-6-8-18(9-7-10)12(19)13(2,3)4/h5-9H2,1-4H3. The monoisotopic (exact) mass is 277 g/mol. The number of nitrogens with zero attached hydrogens (tertiary/aromatic N) is 1. The second kappa shape index (κ2) is 5.55. The summed E-state index contributed by atoms with van der Waals surface area (Å²) in [6.07, 6.45) is -3.55. The summed E-state index contributed by atoms with van der Waals surface area (Å²) in [6, 6.07) is 0. The minimum atomic E-state index is -4.24. The maximum Gasteiger partial charge on any atom is 0.412 e. The summed E-state index contributed by atoms with van der Waals surface area (Å²) in [5.41, 5.74) is -0.415. The molecule has 0 atom stereocenters. The number of hydrogen-bond acceptors (Lipinski definition) is 1. The largest absolute Gasteiger partial charge is 0.412 e. The van der Waals surface area contributed by atoms with E-state index in [1.165, 1.54) is 6.92 Å². The third-order valence-electron chi connectivity index (χ3n) is 3.42. The van der Waals surface area contributed by atoms with Gasteiger partial charge in [-0.2, -0.15) is 13.2 Å². The van der Waals surface area contributed by atoms with Crippen molar-refractivity contribution in [3.8, 4) is 0 Å². The van der Waals surface area contributed by atoms with Crippen LogP contribution in [0.3, 0.4) is 0 Å². The van der Waals surface area contributed by atoms with E-state index in [0.29, 0.717) is 31.5 Å². The van der Waals surface area contributed by atoms with Crippen LogP contribution in [0.5, 0.6) is 0 Å². The summed E-state index contributed by atoms with van der Waals surface area (Å²) < 4.78 is 38.4. The molecule has 1 amide bonds. The van der Waals surface area contributed by atoms with Gasteiger partial charge in [-0.15, -0.1) is 0 Å². The van der Waals surface area contributed by atoms with Gasteiger partial charge in [-0.25, -0.2) is 0 Å². The van der Waals surface area contributed by atoms with Crippen LogP contribution in [0.4, 0.5) is 13.2 Å². The number of carbonyl (C=O) groups is 1. The van der Waals surface area contributed by atoms with Crippen molar-refractivity contribution in [2.24, 2.45) is 5.41 Å². The predicted molar refractivity (Wildman–Crippen MR) is 68.6 cm³/mol. The van der Waals surface area contributed by atoms with Crippen LogP contribution >= 0.6 is 0 Å². The molecule has 1 fully saturated rings. The SMILES string of the molecule is CCC(=C1CCN(C(=O)C(C)(C)C)CC1)C(F)(F)F. The molecule has 0 unspecified atom stereocenters. The zero-order valence-electron chi connectivity index (χ0n) is 12.0. The highest BCUT2D eigenvalue weighted by Gasteiger charge is 2.36. The van der Waals surface area contributed by atoms with Gasteiger partial charge in [-0.1, -0.05) is 33.3 Å². The van der Waals surface area contributed by atoms with E-state index in [0.717, 1.165) is 0 Å². The van der Waals surface area contributed by atoms with Crippen LogP contribution in [-0.4, -0.2) is 30.1 Å². The van der Waals surface area contributed by atoms with Crippen LogP contribution in [0.2, 0.25) is 0 Å². The molecule has 1 rings (SSSR count). The fraction of sp³-hybridized carbons (Fsp3) is 0.786. The van der Waals surface area contributed by atoms with Gasteiger partial charge in [0.05, 0.1) is 0 Å². The molecule has 0 aromatic carbocycles. The Hall–Kier alpha value is -1.00. The first-order valence-electron chi connectivity index (χ1n) is 6.64. The van der Waals surface area contributed by atoms with Crippen LogP contribution in [0.1, 0.15) is 47.0 Å². The second-order valence-electron chi connectivity index (χ2n) is 5.98. The van der Waals surface area contributed by atoms with Gasteiger partial charge >= 0.3 is 6.18 Å². The molecule has 0 saturated carbocycles. The maximum absolute atomic E-state index is 12.8. The number of carbonyl (C=O) groups excluding carboxylic acids is 1. The van der Waals surface area contributed by atoms with Crippen LogP contribution in [0, 0.1) is 5.41 Å². The van der Waals surface area contributed by atoms with Gasteiger partial charge in [0.15, 0.2) is 0 Å². The zero-order valence-corrected chi connectivity index (χ0v) is 12.0. The van der Waals surface area contributed by atoms with Crippen LogP contribution < -0.4 is 0 Å². The Morgan fingerprint density at radius 1 is 1.16 bits per heavy atom. The number of hydrogen-bond donors (Lipinski definition) is 0. The zero-order chi connectivity index (χ0) is 14.8. The van der Waals surface area contributed by atoms with Gasteiger partial charge < -0.3 is 4.90 Å². The van der Waals surface area contributed by atoms with E-state index >= 15 is 0 Å². The van der Waals surface area contributed by atoms with E-state index in [1.54, 1.807) is 4.90 Å². The maximum atomic E-state index is 12.8. The number of alkyl halides is 3. The molecule has 0 spiro atoms. The number of allylic oxidation sites excluding steroid dienone is 1. The molecule has 0 aliphatic carbocycles. The van der Waals surface area contributed by atoms with E-state index < -0.39 is 17.2 Å². The Labute approximate surface area is 112 Å². The van der Waals surface area contributed by atoms with E-state index in [4.69, 9.17) is 0 Å². The summed E-state index contributed by atoms with van der Waals surface area (Å²) in [5.74, 6) is 0.0107. The fourth-order valence-electron chi connectivity index (χ4n) is 2.41. The highest BCUT2D eigenvalue weighted by Crippen LogP contribution is 2.35. The number of piperidine rings is 1. The second-order valence-corrected chi connectivity index (χ2v) is 5.98. The Morgan fingerprint density at radius 3 is 1.95 bits per heavy atom. The summed E-state index contributed by atoms with van der Waals surface area (Å²) in [4.78, 5) is 13.7. The lowest BCUT2D eigenvalue weighted by Crippen LogP contribution is -2.43. The first-order valence-corrected chi connectivity index (χ1v) is 6.64. The third kappa shape index (κ3) is 3.98. The van der Waals surface area contributed by atoms with Crippen LogP contribution in [-0.2, 0) is 4.79 Å². The molecule has 110 valence electrons. The Kier molecular flexibility index (Phi) is 4.69. The lowest BCUT2D eigenvalue weighted by atomic mass is 9.91. The molecular formula is C14H22F3NO. The Morgan fingerprint density at radius 2 is 1.63 bits per heavy atom. The molecule has 0 radical (unpaired) electrons. The minimum Gasteiger partial charge on any atom is -0.342 e. The minimum absolute atomic E-state index is 0.00600. The molecule has 2 nitrogen and oxygen atoms in total. The molecular weight excluding hydrogens is 255 g/mol. The topological polar surface area (TPSA) is 20.3 Å². The molecule has 1 heterocycles. The van der Waals surface area contributed by atoms with Crippen molar-refractivity contribution >= 4 is 5.91 Å². The Balaban J connectivity index is 2.78. The average molecular weight is 277 g/mol. The van der Waals surface area contributed by atoms with Crippen molar-refractivity contribution in [2.45, 2.75) is 53.1 Å². The van der Waals surface area contributed by atoms with Crippen molar-refractivity contribution in [3.63, 3.8) is 0 Å². The predicted octanol–water partition coefficient (Wildman–Crippen LogP) is 3.92. The molecule has 0 bridgehead atoms. The molecule has 1 aliphatic heterocycles. The molecule has 1 saturated heterocycles. The summed E-state index contributed by atoms with van der Waals surface area (Å²) in [7, 11) is 0. The van der Waals surface area contributed by atoms with E-state index in [2.05, 4.69) is 0 Å². The summed E-state index contributed by atoms with van der Waals surface area (Å²) >= 11 is 0. The molecule has 19 heavy (non-hydrogen) atoms. The van der Waals surface area contributed by atoms with Crippen molar-refractivity contribution in [1.82, 2.24) is 4.90 Å². The normalized spacial score (nSPS) is 17.6. The number of likely N-dealkylation sites (tertiary alicyclic amines) is 1. The van der Waals surface area contributed by atoms with Crippen LogP contribution in [0.15, 0.2) is 11.1 Å². The van der Waals surface area contributed by atoms with E-state index in [1.807, 2.05) is 20.8 Å². The van der Waals surface area contributed by atoms with Crippen molar-refractivity contribution in [2.75, 3.05) is 13.1 Å². The molecule has 5 heteroatoms. The lowest BCUT2D eigenvalue weighted by Gasteiger charge is -2.34. The van der Waals surface area contributed by atoms with Gasteiger partial charge in [-0.3, -0.25) is 4.79 Å². The van der Waals surface area contributed by atoms with Crippen molar-refractivity contribution in [3.05, 3.63) is 11.1 Å². The number of halogens is 3. The van der Waals surface area contributed by atoms with Crippen molar-refractivity contribution in [1.29, 1.82) is 0 Å². The Bertz CT molecular complexity index is 367. The molecule has 0 aromatic rings. The smallest absolute Gasteiger partial charge is 0.342 e. The van der Waals surface area contributed by atoms with Gasteiger partial charge in [0.2, 0.25) is 5.91 Å². The summed E-state index contributed by atoms with van der Waals surface area (Å²) in [5, 5.41) is 0. The highest BCUT2D eigenvalue weighted by molar-refractivity contribution is 5.81. The molecule has 0 aromatic heterocycles. The van der Waals surface area contributed by atoms with Gasteiger partial charge in [0, 0.05) is 24.1 Å². The van der Waals surface area contributed by atoms with E-state index in [9.17, 15) is 18.0 Å². The summed E-state index contributed by atoms with van der Waals surface area (Å²) in [6.45, 7) is 7.80. The van der Waals surface area contributed by atoms with Gasteiger partial charge in [-0.05, 0) is 19.3 Å². The number of amides is 1. The quantitative estimate of drug-likeness (QED) is 0.665. The number of rotatable bonds is 1. The fourth-order valence-corrected chi connectivity index (χ4v) is 2.41. The average Bonchev–Trinajstić information content (AvgIpc) is 2.27. The first kappa shape index (κ1) is 16.1. The van der Waals surface area contributed by atoms with Crippen molar-refractivity contribution < 1.29 is 18.0 Å². The van der Waals surface area contributed by atoms with E-state index in [-0.39, 0.29) is 12.3 Å². The van der Waals surface area contributed by atoms with Crippen LogP contribution in [0.25, 0.3) is 0 Å². The first-order chi connectivity index (χ1) is 8.57. The van der Waals surface area contributed by atoms with Gasteiger partial charge in [0.1, 0.15) is 0 Å². The van der Waals surface area contributed by atoms with Gasteiger partial charge in [0.25, 0.3) is 0 Å². The lowest BCUT2D eigenvalue weighted by molar-refractivity contribution is -0.139. The molecule has 1 aliphatic rings. The molecule has 0 N–H and O–H groups in total. The third-order valence-corrected chi connectivity index (χ3v) is 3.42. The highest BCUT2D eigenvalue weighted by atomic mass is 19.4.